The number of carbonyl (C=O) groups excluding carboxylic acids is 1. The topological polar surface area (TPSA) is 57.7 Å². The van der Waals surface area contributed by atoms with Crippen molar-refractivity contribution in [2.75, 3.05) is 26.2 Å². The lowest BCUT2D eigenvalue weighted by atomic mass is 10.1. The van der Waals surface area contributed by atoms with Crippen molar-refractivity contribution in [3.8, 4) is 0 Å². The van der Waals surface area contributed by atoms with Crippen LogP contribution in [0.15, 0.2) is 47.4 Å². The maximum atomic E-state index is 13.9. The molecule has 3 rings (SSSR count). The van der Waals surface area contributed by atoms with E-state index in [4.69, 9.17) is 11.6 Å². The molecule has 2 aromatic rings. The van der Waals surface area contributed by atoms with E-state index in [-0.39, 0.29) is 38.5 Å². The number of aryl methyl sites for hydroxylation is 1. The lowest BCUT2D eigenvalue weighted by Crippen LogP contribution is -2.50. The van der Waals surface area contributed by atoms with Gasteiger partial charge in [0.15, 0.2) is 4.90 Å². The fraction of sp³-hybridized carbons (Fsp3) is 0.316. The molecule has 150 valence electrons. The number of halogens is 3. The molecule has 5 nitrogen and oxygen atoms in total. The summed E-state index contributed by atoms with van der Waals surface area (Å²) in [6, 6.07) is 10.1. The molecule has 0 unspecified atom stereocenters. The van der Waals surface area contributed by atoms with Crippen molar-refractivity contribution in [1.29, 1.82) is 0 Å². The smallest absolute Gasteiger partial charge is 0.249 e. The summed E-state index contributed by atoms with van der Waals surface area (Å²) in [5.74, 6) is -2.34. The van der Waals surface area contributed by atoms with E-state index in [1.54, 1.807) is 17.0 Å². The van der Waals surface area contributed by atoms with Gasteiger partial charge in [-0.1, -0.05) is 29.8 Å². The van der Waals surface area contributed by atoms with Crippen LogP contribution in [0.2, 0.25) is 5.02 Å². The molecule has 1 saturated heterocycles. The molecule has 0 spiro atoms. The Bertz CT molecular complexity index is 939. The number of carbonyl (C=O) groups is 1. The van der Waals surface area contributed by atoms with Crippen molar-refractivity contribution >= 4 is 27.5 Å². The molecule has 1 fully saturated rings. The highest BCUT2D eigenvalue weighted by Gasteiger charge is 2.33. The summed E-state index contributed by atoms with van der Waals surface area (Å²) in [6.07, 6.45) is 0.839. The van der Waals surface area contributed by atoms with Gasteiger partial charge in [0.2, 0.25) is 15.9 Å². The number of benzene rings is 2. The molecule has 1 amide bonds. The minimum absolute atomic E-state index is 0.0111. The largest absolute Gasteiger partial charge is 0.340 e. The second kappa shape index (κ2) is 8.55. The van der Waals surface area contributed by atoms with E-state index in [0.29, 0.717) is 11.4 Å². The van der Waals surface area contributed by atoms with Crippen LogP contribution in [0.4, 0.5) is 8.78 Å². The third-order valence-corrected chi connectivity index (χ3v) is 6.85. The number of piperazine rings is 1. The van der Waals surface area contributed by atoms with Gasteiger partial charge in [-0.25, -0.2) is 17.2 Å². The molecule has 0 saturated carbocycles. The van der Waals surface area contributed by atoms with E-state index in [2.05, 4.69) is 0 Å². The predicted molar refractivity (Wildman–Crippen MR) is 101 cm³/mol. The van der Waals surface area contributed by atoms with Gasteiger partial charge < -0.3 is 4.90 Å². The molecule has 0 bridgehead atoms. The van der Waals surface area contributed by atoms with Crippen molar-refractivity contribution in [2.24, 2.45) is 0 Å². The zero-order chi connectivity index (χ0) is 20.3. The van der Waals surface area contributed by atoms with Gasteiger partial charge in [-0.2, -0.15) is 4.31 Å². The van der Waals surface area contributed by atoms with Crippen molar-refractivity contribution < 1.29 is 22.0 Å². The molecule has 0 atom stereocenters. The molecule has 0 aliphatic carbocycles. The molecule has 0 aromatic heterocycles. The molecule has 0 radical (unpaired) electrons. The van der Waals surface area contributed by atoms with Crippen LogP contribution in [-0.4, -0.2) is 49.7 Å². The Labute approximate surface area is 167 Å². The number of hydrogen-bond acceptors (Lipinski definition) is 3. The number of hydrogen-bond donors (Lipinski definition) is 0. The molecule has 28 heavy (non-hydrogen) atoms. The SMILES string of the molecule is O=C(CCc1ccc(Cl)cc1)N1CCN(S(=O)(=O)c2c(F)cccc2F)CC1. The van der Waals surface area contributed by atoms with Crippen LogP contribution >= 0.6 is 11.6 Å². The Morgan fingerprint density at radius 1 is 0.964 bits per heavy atom. The molecule has 1 heterocycles. The Morgan fingerprint density at radius 2 is 1.54 bits per heavy atom. The van der Waals surface area contributed by atoms with Gasteiger partial charge in [-0.05, 0) is 36.2 Å². The molecule has 9 heteroatoms. The van der Waals surface area contributed by atoms with Crippen molar-refractivity contribution in [3.05, 3.63) is 64.7 Å². The molecule has 1 aliphatic rings. The first-order chi connectivity index (χ1) is 13.3. The molecular weight excluding hydrogens is 410 g/mol. The van der Waals surface area contributed by atoms with Crippen LogP contribution < -0.4 is 0 Å². The summed E-state index contributed by atoms with van der Waals surface area (Å²) in [5, 5.41) is 0.624. The maximum absolute atomic E-state index is 13.9. The number of nitrogens with zero attached hydrogens (tertiary/aromatic N) is 2. The van der Waals surface area contributed by atoms with Crippen LogP contribution in [0, 0.1) is 11.6 Å². The Morgan fingerprint density at radius 3 is 2.11 bits per heavy atom. The zero-order valence-corrected chi connectivity index (χ0v) is 16.5. The van der Waals surface area contributed by atoms with E-state index in [0.717, 1.165) is 28.1 Å². The summed E-state index contributed by atoms with van der Waals surface area (Å²) in [5.41, 5.74) is 0.981. The van der Waals surface area contributed by atoms with Crippen LogP contribution in [0.3, 0.4) is 0 Å². The molecule has 1 aliphatic heterocycles. The highest BCUT2D eigenvalue weighted by Crippen LogP contribution is 2.23. The Balaban J connectivity index is 1.59. The third-order valence-electron chi connectivity index (χ3n) is 4.65. The summed E-state index contributed by atoms with van der Waals surface area (Å²) in [4.78, 5) is 13.0. The van der Waals surface area contributed by atoms with Crippen LogP contribution in [0.1, 0.15) is 12.0 Å². The lowest BCUT2D eigenvalue weighted by Gasteiger charge is -2.34. The lowest BCUT2D eigenvalue weighted by molar-refractivity contribution is -0.132. The Kier molecular flexibility index (Phi) is 6.32. The standard InChI is InChI=1S/C19H19ClF2N2O3S/c20-15-7-4-14(5-8-15)6-9-18(25)23-10-12-24(13-11-23)28(26,27)19-16(21)2-1-3-17(19)22/h1-5,7-8H,6,9-13H2. The quantitative estimate of drug-likeness (QED) is 0.735. The van der Waals surface area contributed by atoms with Crippen LogP contribution in [0.25, 0.3) is 0 Å². The van der Waals surface area contributed by atoms with Crippen LogP contribution in [0.5, 0.6) is 0 Å². The second-order valence-corrected chi connectivity index (χ2v) is 8.77. The summed E-state index contributed by atoms with van der Waals surface area (Å²) >= 11 is 5.83. The van der Waals surface area contributed by atoms with Crippen molar-refractivity contribution in [2.45, 2.75) is 17.7 Å². The zero-order valence-electron chi connectivity index (χ0n) is 14.9. The minimum Gasteiger partial charge on any atom is -0.340 e. The van der Waals surface area contributed by atoms with Gasteiger partial charge in [-0.3, -0.25) is 4.79 Å². The van der Waals surface area contributed by atoms with E-state index < -0.39 is 26.6 Å². The number of sulfonamides is 1. The van der Waals surface area contributed by atoms with Crippen LogP contribution in [-0.2, 0) is 21.2 Å². The monoisotopic (exact) mass is 428 g/mol. The fourth-order valence-corrected chi connectivity index (χ4v) is 4.75. The first-order valence-corrected chi connectivity index (χ1v) is 10.6. The third kappa shape index (κ3) is 4.51. The fourth-order valence-electron chi connectivity index (χ4n) is 3.10. The van der Waals surface area contributed by atoms with Gasteiger partial charge in [0.25, 0.3) is 0 Å². The van der Waals surface area contributed by atoms with Gasteiger partial charge >= 0.3 is 0 Å². The average Bonchev–Trinajstić information content (AvgIpc) is 2.67. The van der Waals surface area contributed by atoms with Crippen molar-refractivity contribution in [3.63, 3.8) is 0 Å². The summed E-state index contributed by atoms with van der Waals surface area (Å²) < 4.78 is 53.9. The first kappa shape index (κ1) is 20.7. The van der Waals surface area contributed by atoms with E-state index >= 15 is 0 Å². The van der Waals surface area contributed by atoms with Gasteiger partial charge in [0.05, 0.1) is 0 Å². The number of amides is 1. The van der Waals surface area contributed by atoms with E-state index in [9.17, 15) is 22.0 Å². The minimum atomic E-state index is -4.30. The molecule has 0 N–H and O–H groups in total. The average molecular weight is 429 g/mol. The maximum Gasteiger partial charge on any atom is 0.249 e. The normalized spacial score (nSPS) is 15.6. The molecule has 2 aromatic carbocycles. The highest BCUT2D eigenvalue weighted by atomic mass is 35.5. The summed E-state index contributed by atoms with van der Waals surface area (Å²) in [6.45, 7) is 0.328. The summed E-state index contributed by atoms with van der Waals surface area (Å²) in [7, 11) is -4.30. The van der Waals surface area contributed by atoms with Gasteiger partial charge in [-0.15, -0.1) is 0 Å². The predicted octanol–water partition coefficient (Wildman–Crippen LogP) is 3.08. The number of rotatable bonds is 5. The molecular formula is C19H19ClF2N2O3S. The highest BCUT2D eigenvalue weighted by molar-refractivity contribution is 7.89. The van der Waals surface area contributed by atoms with Gasteiger partial charge in [0, 0.05) is 37.6 Å². The second-order valence-electron chi connectivity index (χ2n) is 6.46. The first-order valence-electron chi connectivity index (χ1n) is 8.75. The Hall–Kier alpha value is -2.03. The van der Waals surface area contributed by atoms with Crippen molar-refractivity contribution in [1.82, 2.24) is 9.21 Å². The van der Waals surface area contributed by atoms with E-state index in [1.807, 2.05) is 12.1 Å². The van der Waals surface area contributed by atoms with E-state index in [1.165, 1.54) is 0 Å². The van der Waals surface area contributed by atoms with Gasteiger partial charge in [0.1, 0.15) is 11.6 Å².